The number of alkyl halides is 3. The number of aromatic nitrogens is 1. The van der Waals surface area contributed by atoms with Gasteiger partial charge in [0, 0.05) is 6.20 Å². The molecule has 23 heavy (non-hydrogen) atoms. The topological polar surface area (TPSA) is 71.1 Å². The molecule has 0 aliphatic heterocycles. The largest absolute Gasteiger partial charge is 0.417 e. The fourth-order valence-electron chi connectivity index (χ4n) is 1.49. The van der Waals surface area contributed by atoms with Gasteiger partial charge in [0.05, 0.1) is 15.5 Å². The van der Waals surface area contributed by atoms with E-state index < -0.39 is 32.6 Å². The van der Waals surface area contributed by atoms with Crippen LogP contribution in [0.15, 0.2) is 41.4 Å². The van der Waals surface area contributed by atoms with Gasteiger partial charge in [-0.25, -0.2) is 17.8 Å². The van der Waals surface area contributed by atoms with E-state index in [1.807, 2.05) is 4.83 Å². The fraction of sp³-hybridized carbons (Fsp3) is 0.0833. The third-order valence-electron chi connectivity index (χ3n) is 2.58. The molecule has 1 heterocycles. The highest BCUT2D eigenvalue weighted by Crippen LogP contribution is 2.32. The maximum atomic E-state index is 13.0. The summed E-state index contributed by atoms with van der Waals surface area (Å²) in [5, 5.41) is -0.443. The van der Waals surface area contributed by atoms with Gasteiger partial charge in [0.1, 0.15) is 5.82 Å². The maximum Gasteiger partial charge on any atom is 0.417 e. The molecular weight excluding hydrogens is 362 g/mol. The number of pyridine rings is 1. The summed E-state index contributed by atoms with van der Waals surface area (Å²) in [6.07, 6.45) is -4.14. The number of sulfonamides is 1. The summed E-state index contributed by atoms with van der Waals surface area (Å²) >= 11 is 5.62. The summed E-state index contributed by atoms with van der Waals surface area (Å²) in [4.78, 5) is 4.86. The Hall–Kier alpha value is -1.91. The first kappa shape index (κ1) is 17.4. The summed E-state index contributed by atoms with van der Waals surface area (Å²) < 4.78 is 74.2. The maximum absolute atomic E-state index is 13.0. The van der Waals surface area contributed by atoms with Gasteiger partial charge >= 0.3 is 6.18 Å². The van der Waals surface area contributed by atoms with Crippen LogP contribution in [0.3, 0.4) is 0 Å². The van der Waals surface area contributed by atoms with Gasteiger partial charge in [0.15, 0.2) is 5.82 Å². The number of anilines is 1. The zero-order chi connectivity index (χ0) is 17.3. The summed E-state index contributed by atoms with van der Waals surface area (Å²) in [7, 11) is -4.16. The Morgan fingerprint density at radius 3 is 2.43 bits per heavy atom. The quantitative estimate of drug-likeness (QED) is 0.641. The van der Waals surface area contributed by atoms with Crippen LogP contribution >= 0.6 is 11.6 Å². The van der Waals surface area contributed by atoms with Gasteiger partial charge < -0.3 is 0 Å². The van der Waals surface area contributed by atoms with Gasteiger partial charge in [-0.2, -0.15) is 13.2 Å². The van der Waals surface area contributed by atoms with Crippen molar-refractivity contribution in [1.82, 2.24) is 9.82 Å². The summed E-state index contributed by atoms with van der Waals surface area (Å²) in [5.41, 5.74) is 0.997. The minimum atomic E-state index is -4.63. The number of nitrogens with zero attached hydrogens (tertiary/aromatic N) is 1. The molecule has 2 aromatic rings. The van der Waals surface area contributed by atoms with Crippen molar-refractivity contribution < 1.29 is 26.0 Å². The van der Waals surface area contributed by atoms with E-state index >= 15 is 0 Å². The number of hydrogen-bond acceptors (Lipinski definition) is 4. The molecule has 0 bridgehead atoms. The Morgan fingerprint density at radius 1 is 1.17 bits per heavy atom. The van der Waals surface area contributed by atoms with Gasteiger partial charge in [-0.05, 0) is 24.3 Å². The molecular formula is C12H8ClF4N3O2S. The van der Waals surface area contributed by atoms with Crippen molar-refractivity contribution in [2.45, 2.75) is 11.1 Å². The second-order valence-electron chi connectivity index (χ2n) is 4.24. The SMILES string of the molecule is O=S(=O)(NNc1ncc(C(F)(F)F)cc1Cl)c1cccc(F)c1. The number of benzene rings is 1. The molecule has 0 aliphatic carbocycles. The zero-order valence-corrected chi connectivity index (χ0v) is 12.6. The van der Waals surface area contributed by atoms with E-state index in [0.717, 1.165) is 18.2 Å². The second kappa shape index (κ2) is 6.30. The highest BCUT2D eigenvalue weighted by Gasteiger charge is 2.31. The Kier molecular flexibility index (Phi) is 4.78. The summed E-state index contributed by atoms with van der Waals surface area (Å²) in [6.45, 7) is 0. The molecule has 124 valence electrons. The van der Waals surface area contributed by atoms with Crippen molar-refractivity contribution in [3.05, 3.63) is 52.9 Å². The molecule has 0 fully saturated rings. The van der Waals surface area contributed by atoms with Crippen LogP contribution in [0, 0.1) is 5.82 Å². The average molecular weight is 370 g/mol. The van der Waals surface area contributed by atoms with Crippen molar-refractivity contribution in [2.24, 2.45) is 0 Å². The Morgan fingerprint density at radius 2 is 1.87 bits per heavy atom. The molecule has 0 saturated carbocycles. The Bertz CT molecular complexity index is 827. The van der Waals surface area contributed by atoms with Crippen molar-refractivity contribution >= 4 is 27.4 Å². The second-order valence-corrected chi connectivity index (χ2v) is 6.33. The Labute approximate surface area is 133 Å². The van der Waals surface area contributed by atoms with Gasteiger partial charge in [0.2, 0.25) is 0 Å². The van der Waals surface area contributed by atoms with E-state index in [0.29, 0.717) is 12.3 Å². The van der Waals surface area contributed by atoms with Crippen molar-refractivity contribution in [2.75, 3.05) is 5.43 Å². The number of hydrogen-bond donors (Lipinski definition) is 2. The van der Waals surface area contributed by atoms with Crippen molar-refractivity contribution in [3.63, 3.8) is 0 Å². The lowest BCUT2D eigenvalue weighted by atomic mass is 10.3. The molecule has 0 amide bonds. The predicted molar refractivity (Wildman–Crippen MR) is 74.6 cm³/mol. The molecule has 2 rings (SSSR count). The molecule has 0 saturated heterocycles. The van der Waals surface area contributed by atoms with Crippen LogP contribution in [0.4, 0.5) is 23.4 Å². The van der Waals surface area contributed by atoms with Crippen molar-refractivity contribution in [3.8, 4) is 0 Å². The predicted octanol–water partition coefficient (Wildman–Crippen LogP) is 3.20. The minimum Gasteiger partial charge on any atom is -0.291 e. The fourth-order valence-corrected chi connectivity index (χ4v) is 2.58. The molecule has 11 heteroatoms. The number of rotatable bonds is 4. The summed E-state index contributed by atoms with van der Waals surface area (Å²) in [6, 6.07) is 4.74. The van der Waals surface area contributed by atoms with Crippen LogP contribution in [-0.2, 0) is 16.2 Å². The molecule has 2 N–H and O–H groups in total. The number of nitrogens with one attached hydrogen (secondary N) is 2. The van der Waals surface area contributed by atoms with E-state index in [4.69, 9.17) is 11.6 Å². The molecule has 0 spiro atoms. The van der Waals surface area contributed by atoms with Crippen LogP contribution < -0.4 is 10.3 Å². The van der Waals surface area contributed by atoms with Gasteiger partial charge in [-0.3, -0.25) is 5.43 Å². The van der Waals surface area contributed by atoms with E-state index in [1.54, 1.807) is 0 Å². The zero-order valence-electron chi connectivity index (χ0n) is 11.0. The van der Waals surface area contributed by atoms with Crippen LogP contribution in [0.25, 0.3) is 0 Å². The lowest BCUT2D eigenvalue weighted by molar-refractivity contribution is -0.137. The number of halogens is 5. The average Bonchev–Trinajstić information content (AvgIpc) is 2.45. The molecule has 0 atom stereocenters. The van der Waals surface area contributed by atoms with Gasteiger partial charge in [-0.15, -0.1) is 4.83 Å². The molecule has 0 aliphatic rings. The van der Waals surface area contributed by atoms with Crippen LogP contribution in [0.1, 0.15) is 5.56 Å². The third kappa shape index (κ3) is 4.30. The van der Waals surface area contributed by atoms with Crippen LogP contribution in [0.5, 0.6) is 0 Å². The first-order valence-electron chi connectivity index (χ1n) is 5.86. The van der Waals surface area contributed by atoms with Crippen LogP contribution in [0.2, 0.25) is 5.02 Å². The highest BCUT2D eigenvalue weighted by molar-refractivity contribution is 7.89. The van der Waals surface area contributed by atoms with E-state index in [2.05, 4.69) is 10.4 Å². The molecule has 1 aromatic heterocycles. The van der Waals surface area contributed by atoms with Crippen LogP contribution in [-0.4, -0.2) is 13.4 Å². The standard InChI is InChI=1S/C12H8ClF4N3O2S/c13-10-4-7(12(15,16)17)6-18-11(10)19-20-23(21,22)9-3-1-2-8(14)5-9/h1-6,20H,(H,18,19). The first-order chi connectivity index (χ1) is 10.6. The van der Waals surface area contributed by atoms with E-state index in [1.165, 1.54) is 6.07 Å². The van der Waals surface area contributed by atoms with Gasteiger partial charge in [-0.1, -0.05) is 17.7 Å². The lowest BCUT2D eigenvalue weighted by Gasteiger charge is -2.12. The monoisotopic (exact) mass is 369 g/mol. The first-order valence-corrected chi connectivity index (χ1v) is 7.72. The molecule has 1 aromatic carbocycles. The highest BCUT2D eigenvalue weighted by atomic mass is 35.5. The molecule has 0 radical (unpaired) electrons. The molecule has 0 unspecified atom stereocenters. The van der Waals surface area contributed by atoms with E-state index in [-0.39, 0.29) is 10.7 Å². The summed E-state index contributed by atoms with van der Waals surface area (Å²) in [5.74, 6) is -1.10. The smallest absolute Gasteiger partial charge is 0.291 e. The van der Waals surface area contributed by atoms with Crippen molar-refractivity contribution in [1.29, 1.82) is 0 Å². The van der Waals surface area contributed by atoms with E-state index in [9.17, 15) is 26.0 Å². The van der Waals surface area contributed by atoms with Gasteiger partial charge in [0.25, 0.3) is 10.0 Å². The minimum absolute atomic E-state index is 0.334. The molecule has 5 nitrogen and oxygen atoms in total. The Balaban J connectivity index is 2.18. The number of hydrazine groups is 1. The lowest BCUT2D eigenvalue weighted by Crippen LogP contribution is -2.30. The normalized spacial score (nSPS) is 12.2. The third-order valence-corrected chi connectivity index (χ3v) is 4.11.